The maximum atomic E-state index is 14.3. The molecule has 0 aliphatic carbocycles. The summed E-state index contributed by atoms with van der Waals surface area (Å²) in [4.78, 5) is 13.6. The molecule has 6 nitrogen and oxygen atoms in total. The van der Waals surface area contributed by atoms with Crippen molar-refractivity contribution in [3.05, 3.63) is 29.6 Å². The maximum Gasteiger partial charge on any atom is 0.460 e. The summed E-state index contributed by atoms with van der Waals surface area (Å²) in [5.74, 6) is -57.6. The quantitative estimate of drug-likeness (QED) is 0.212. The Labute approximate surface area is 219 Å². The normalized spacial score (nSPS) is 14.2. The van der Waals surface area contributed by atoms with E-state index in [1.807, 2.05) is 10.5 Å². The van der Waals surface area contributed by atoms with E-state index in [-0.39, 0.29) is 18.7 Å². The zero-order chi connectivity index (χ0) is 32.9. The second-order valence-corrected chi connectivity index (χ2v) is 7.84. The first-order valence-corrected chi connectivity index (χ1v) is 10.3. The van der Waals surface area contributed by atoms with Gasteiger partial charge in [0.2, 0.25) is 5.82 Å². The zero-order valence-corrected chi connectivity index (χ0v) is 19.6. The van der Waals surface area contributed by atoms with Crippen molar-refractivity contribution in [2.45, 2.75) is 48.6 Å². The largest absolute Gasteiger partial charge is 0.465 e. The Hall–Kier alpha value is -3.56. The van der Waals surface area contributed by atoms with E-state index in [1.54, 1.807) is 0 Å². The predicted molar refractivity (Wildman–Crippen MR) is 99.5 cm³/mol. The van der Waals surface area contributed by atoms with Gasteiger partial charge in [-0.2, -0.15) is 70.8 Å². The fourth-order valence-electron chi connectivity index (χ4n) is 2.81. The van der Waals surface area contributed by atoms with E-state index >= 15 is 0 Å². The molecule has 0 aliphatic rings. The SMILES string of the molecule is CCOC(=O)CNc1c(F)cc(-c2nc(C(F)(F)C(F)(F)C(F)(F)C(F)(F)C(F)(F)C(F)(F)C(F)(F)F)no2)cc1F. The molecule has 0 fully saturated rings. The number of nitrogens with one attached hydrogen (secondary N) is 1. The molecule has 2 rings (SSSR count). The number of carbonyl (C=O) groups excluding carboxylic acids is 1. The van der Waals surface area contributed by atoms with E-state index < -0.39 is 88.8 Å². The topological polar surface area (TPSA) is 77.2 Å². The highest BCUT2D eigenvalue weighted by molar-refractivity contribution is 5.75. The Bertz CT molecular complexity index is 1280. The standard InChI is InChI=1S/C19H10F17N3O3/c1-2-41-9(40)5-37-10-7(20)3-6(4-8(10)21)11-38-12(39-42-11)13(22,23)14(24,25)15(26,27)16(28,29)17(30,31)18(32,33)19(34,35)36/h3-4,37H,2,5H2,1H3. The lowest BCUT2D eigenvalue weighted by Gasteiger charge is -2.40. The smallest absolute Gasteiger partial charge is 0.460 e. The average molecular weight is 651 g/mol. The molecule has 0 spiro atoms. The number of aromatic nitrogens is 2. The molecule has 0 saturated carbocycles. The number of carbonyl (C=O) groups is 1. The van der Waals surface area contributed by atoms with Crippen molar-refractivity contribution >= 4 is 11.7 Å². The summed E-state index contributed by atoms with van der Waals surface area (Å²) in [5.41, 5.74) is -2.22. The van der Waals surface area contributed by atoms with Crippen molar-refractivity contribution in [1.82, 2.24) is 10.1 Å². The maximum absolute atomic E-state index is 14.3. The Balaban J connectivity index is 2.50. The minimum Gasteiger partial charge on any atom is -0.465 e. The van der Waals surface area contributed by atoms with Crippen molar-refractivity contribution in [2.24, 2.45) is 0 Å². The summed E-state index contributed by atoms with van der Waals surface area (Å²) < 4.78 is 237. The fraction of sp³-hybridized carbons (Fsp3) is 0.526. The molecule has 1 N–H and O–H groups in total. The van der Waals surface area contributed by atoms with E-state index in [9.17, 15) is 79.4 Å². The average Bonchev–Trinajstić information content (AvgIpc) is 3.33. The third-order valence-corrected chi connectivity index (χ3v) is 5.04. The number of ether oxygens (including phenoxy) is 1. The van der Waals surface area contributed by atoms with Crippen LogP contribution in [0.4, 0.5) is 80.3 Å². The molecule has 0 unspecified atom stereocenters. The second kappa shape index (κ2) is 10.6. The first-order valence-electron chi connectivity index (χ1n) is 10.3. The molecule has 238 valence electrons. The van der Waals surface area contributed by atoms with Gasteiger partial charge in [-0.15, -0.1) is 0 Å². The monoisotopic (exact) mass is 651 g/mol. The van der Waals surface area contributed by atoms with Gasteiger partial charge in [0.05, 0.1) is 6.61 Å². The first kappa shape index (κ1) is 34.6. The molecule has 1 aromatic carbocycles. The van der Waals surface area contributed by atoms with Gasteiger partial charge in [-0.25, -0.2) is 8.78 Å². The van der Waals surface area contributed by atoms with Crippen LogP contribution in [0.3, 0.4) is 0 Å². The molecule has 2 aromatic rings. The molecule has 0 atom stereocenters. The second-order valence-electron chi connectivity index (χ2n) is 7.84. The van der Waals surface area contributed by atoms with Gasteiger partial charge < -0.3 is 14.6 Å². The van der Waals surface area contributed by atoms with Crippen LogP contribution in [-0.2, 0) is 15.5 Å². The molecule has 23 heteroatoms. The van der Waals surface area contributed by atoms with Gasteiger partial charge >= 0.3 is 47.7 Å². The van der Waals surface area contributed by atoms with Crippen LogP contribution in [0.5, 0.6) is 0 Å². The number of anilines is 1. The summed E-state index contributed by atoms with van der Waals surface area (Å²) in [6, 6.07) is 0.263. The van der Waals surface area contributed by atoms with E-state index in [0.717, 1.165) is 0 Å². The van der Waals surface area contributed by atoms with Crippen LogP contribution in [0.25, 0.3) is 11.5 Å². The molecule has 0 radical (unpaired) electrons. The zero-order valence-electron chi connectivity index (χ0n) is 19.6. The van der Waals surface area contributed by atoms with Gasteiger partial charge in [0.1, 0.15) is 23.9 Å². The summed E-state index contributed by atoms with van der Waals surface area (Å²) in [5, 5.41) is 3.91. The molecule has 1 heterocycles. The Kier molecular flexibility index (Phi) is 8.75. The first-order chi connectivity index (χ1) is 18.7. The number of nitrogens with zero attached hydrogens (tertiary/aromatic N) is 2. The Morgan fingerprint density at radius 2 is 1.24 bits per heavy atom. The summed E-state index contributed by atoms with van der Waals surface area (Å²) in [7, 11) is 0. The molecule has 0 saturated heterocycles. The van der Waals surface area contributed by atoms with Crippen molar-refractivity contribution in [3.8, 4) is 11.5 Å². The van der Waals surface area contributed by atoms with Crippen molar-refractivity contribution in [1.29, 1.82) is 0 Å². The molecule has 0 bridgehead atoms. The van der Waals surface area contributed by atoms with Crippen LogP contribution in [0.2, 0.25) is 0 Å². The van der Waals surface area contributed by atoms with E-state index in [0.29, 0.717) is 0 Å². The Morgan fingerprint density at radius 3 is 1.69 bits per heavy atom. The lowest BCUT2D eigenvalue weighted by Crippen LogP contribution is -2.72. The third kappa shape index (κ3) is 5.24. The molecular formula is C19H10F17N3O3. The van der Waals surface area contributed by atoms with Crippen molar-refractivity contribution in [3.63, 3.8) is 0 Å². The van der Waals surface area contributed by atoms with Crippen LogP contribution >= 0.6 is 0 Å². The molecule has 1 aromatic heterocycles. The number of alkyl halides is 15. The summed E-state index contributed by atoms with van der Waals surface area (Å²) in [6.45, 7) is 0.403. The lowest BCUT2D eigenvalue weighted by atomic mass is 9.91. The number of esters is 1. The minimum absolute atomic E-state index is 0.132. The number of hydrogen-bond donors (Lipinski definition) is 1. The molecule has 42 heavy (non-hydrogen) atoms. The van der Waals surface area contributed by atoms with Gasteiger partial charge in [0.25, 0.3) is 5.89 Å². The number of halogens is 17. The van der Waals surface area contributed by atoms with Crippen molar-refractivity contribution in [2.75, 3.05) is 18.5 Å². The molecular weight excluding hydrogens is 641 g/mol. The predicted octanol–water partition coefficient (Wildman–Crippen LogP) is 6.82. The molecule has 0 aliphatic heterocycles. The summed E-state index contributed by atoms with van der Waals surface area (Å²) in [6.07, 6.45) is -7.76. The van der Waals surface area contributed by atoms with Crippen LogP contribution in [0.1, 0.15) is 12.7 Å². The van der Waals surface area contributed by atoms with Crippen LogP contribution in [0, 0.1) is 11.6 Å². The summed E-state index contributed by atoms with van der Waals surface area (Å²) >= 11 is 0. The number of rotatable bonds is 11. The minimum atomic E-state index is -8.53. The lowest BCUT2D eigenvalue weighted by molar-refractivity contribution is -0.454. The highest BCUT2D eigenvalue weighted by Gasteiger charge is 2.93. The van der Waals surface area contributed by atoms with E-state index in [4.69, 9.17) is 0 Å². The van der Waals surface area contributed by atoms with Gasteiger partial charge in [-0.3, -0.25) is 4.79 Å². The van der Waals surface area contributed by atoms with Crippen LogP contribution < -0.4 is 5.32 Å². The van der Waals surface area contributed by atoms with Crippen LogP contribution in [0.15, 0.2) is 16.7 Å². The van der Waals surface area contributed by atoms with Crippen molar-refractivity contribution < 1.29 is 88.7 Å². The number of hydrogen-bond acceptors (Lipinski definition) is 6. The fourth-order valence-corrected chi connectivity index (χ4v) is 2.81. The molecule has 0 amide bonds. The highest BCUT2D eigenvalue weighted by atomic mass is 19.4. The van der Waals surface area contributed by atoms with E-state index in [1.165, 1.54) is 6.92 Å². The Morgan fingerprint density at radius 1 is 0.786 bits per heavy atom. The van der Waals surface area contributed by atoms with Gasteiger partial charge in [0.15, 0.2) is 0 Å². The van der Waals surface area contributed by atoms with E-state index in [2.05, 4.69) is 14.2 Å². The van der Waals surface area contributed by atoms with Gasteiger partial charge in [-0.1, -0.05) is 5.16 Å². The van der Waals surface area contributed by atoms with Gasteiger partial charge in [-0.05, 0) is 19.1 Å². The van der Waals surface area contributed by atoms with Crippen LogP contribution in [-0.4, -0.2) is 65.1 Å². The highest BCUT2D eigenvalue weighted by Crippen LogP contribution is 2.63. The number of benzene rings is 1. The third-order valence-electron chi connectivity index (χ3n) is 5.04. The van der Waals surface area contributed by atoms with Gasteiger partial charge in [0, 0.05) is 5.56 Å².